The third kappa shape index (κ3) is 12.7. The first-order valence-electron chi connectivity index (χ1n) is 23.3. The lowest BCUT2D eigenvalue weighted by molar-refractivity contribution is -0.385. The Morgan fingerprint density at radius 1 is 0.467 bits per heavy atom. The van der Waals surface area contributed by atoms with Crippen molar-refractivity contribution in [2.45, 2.75) is 35.5 Å². The van der Waals surface area contributed by atoms with Gasteiger partial charge in [0, 0.05) is 61.1 Å². The van der Waals surface area contributed by atoms with Crippen molar-refractivity contribution in [2.75, 3.05) is 67.1 Å². The summed E-state index contributed by atoms with van der Waals surface area (Å²) in [5.74, 6) is -0.446. The van der Waals surface area contributed by atoms with Crippen LogP contribution in [0.1, 0.15) is 65.2 Å². The number of sulfonamides is 2. The predicted molar refractivity (Wildman–Crippen MR) is 269 cm³/mol. The maximum absolute atomic E-state index is 14.2. The summed E-state index contributed by atoms with van der Waals surface area (Å²) in [6.45, 7) is 1.41. The van der Waals surface area contributed by atoms with Crippen molar-refractivity contribution in [3.05, 3.63) is 185 Å². The first kappa shape index (κ1) is 53.3. The molecule has 10 bridgehead atoms. The monoisotopic (exact) mass is 1070 g/mol. The van der Waals surface area contributed by atoms with Crippen molar-refractivity contribution in [3.63, 3.8) is 0 Å². The first-order valence-corrected chi connectivity index (χ1v) is 26.2. The number of amides is 2. The third-order valence-corrected chi connectivity index (χ3v) is 14.9. The van der Waals surface area contributed by atoms with Gasteiger partial charge in [0.05, 0.1) is 73.5 Å². The van der Waals surface area contributed by atoms with E-state index in [1.54, 1.807) is 12.1 Å². The van der Waals surface area contributed by atoms with Crippen LogP contribution in [0.3, 0.4) is 0 Å². The number of carbonyl (C=O) groups excluding carboxylic acids is 2. The number of fused-ring (bicyclic) bond motifs is 2. The normalized spacial score (nSPS) is 14.5. The van der Waals surface area contributed by atoms with E-state index in [1.807, 2.05) is 24.3 Å². The average molecular weight is 1070 g/mol. The maximum Gasteiger partial charge on any atom is 0.269 e. The van der Waals surface area contributed by atoms with E-state index in [-0.39, 0.29) is 111 Å². The van der Waals surface area contributed by atoms with Gasteiger partial charge in [0.2, 0.25) is 0 Å². The quantitative estimate of drug-likeness (QED) is 0.113. The molecule has 0 aromatic heterocycles. The summed E-state index contributed by atoms with van der Waals surface area (Å²) in [6, 6.07) is 25.1. The van der Waals surface area contributed by atoms with Crippen LogP contribution in [0, 0.1) is 20.2 Å². The van der Waals surface area contributed by atoms with Crippen LogP contribution in [0.25, 0.3) is 0 Å². The minimum Gasteiger partial charge on any atom is -0.496 e. The molecule has 0 spiro atoms. The van der Waals surface area contributed by atoms with Crippen molar-refractivity contribution in [3.8, 4) is 23.0 Å². The van der Waals surface area contributed by atoms with E-state index < -0.39 is 41.7 Å². The second-order valence-electron chi connectivity index (χ2n) is 17.1. The van der Waals surface area contributed by atoms with Crippen LogP contribution in [-0.4, -0.2) is 106 Å². The Bertz CT molecular complexity index is 3060. The Balaban J connectivity index is 1.30. The van der Waals surface area contributed by atoms with Crippen molar-refractivity contribution in [2.24, 2.45) is 0 Å². The van der Waals surface area contributed by atoms with E-state index in [1.165, 1.54) is 38.5 Å². The minimum absolute atomic E-state index is 0.0519. The van der Waals surface area contributed by atoms with Crippen molar-refractivity contribution in [1.82, 2.24) is 9.44 Å². The fourth-order valence-electron chi connectivity index (χ4n) is 8.77. The van der Waals surface area contributed by atoms with Crippen LogP contribution >= 0.6 is 0 Å². The smallest absolute Gasteiger partial charge is 0.269 e. The van der Waals surface area contributed by atoms with E-state index >= 15 is 0 Å². The molecule has 1 heterocycles. The molecule has 21 nitrogen and oxygen atoms in total. The molecule has 0 saturated carbocycles. The number of nitro groups is 2. The number of ether oxygens (including phenoxy) is 7. The molecular formula is C52H50N4O17S2. The van der Waals surface area contributed by atoms with Gasteiger partial charge in [-0.1, -0.05) is 36.4 Å². The summed E-state index contributed by atoms with van der Waals surface area (Å²) in [7, 11) is -6.13. The number of benzene rings is 6. The number of non-ortho nitro benzene ring substituents is 2. The second-order valence-corrected chi connectivity index (χ2v) is 20.4. The second kappa shape index (κ2) is 23.5. The van der Waals surface area contributed by atoms with Crippen LogP contribution in [0.4, 0.5) is 11.4 Å². The van der Waals surface area contributed by atoms with E-state index in [0.717, 1.165) is 48.5 Å². The standard InChI is InChI=1S/C52H50N4O17S2/c1-67-47-33-5-3-6-34(47)26-38-30-42(52(58)54-75(65,66)46-15-11-44(12-16-46)56(61)62)32-40-28-36-8-4-7-35(48(36)68-2)27-39-31-41(51(57)53-74(63,64)45-13-9-43(10-14-45)55(59)60)29-37(25-33)49(39)72-23-21-70-19-17-69-18-20-71-22-24-73-50(38)40/h3-16,29-32H,17-28H2,1-2H3,(H,53,57)(H,54,58). The highest BCUT2D eigenvalue weighted by Crippen LogP contribution is 2.40. The molecule has 2 aliphatic rings. The van der Waals surface area contributed by atoms with Crippen LogP contribution in [0.5, 0.6) is 23.0 Å². The lowest BCUT2D eigenvalue weighted by Crippen LogP contribution is -2.31. The molecule has 6 aromatic carbocycles. The summed E-state index contributed by atoms with van der Waals surface area (Å²) in [5, 5.41) is 22.6. The molecule has 1 aliphatic carbocycles. The Morgan fingerprint density at radius 2 is 0.760 bits per heavy atom. The van der Waals surface area contributed by atoms with E-state index in [4.69, 9.17) is 33.2 Å². The molecule has 0 saturated heterocycles. The molecule has 2 N–H and O–H groups in total. The predicted octanol–water partition coefficient (Wildman–Crippen LogP) is 6.26. The molecule has 0 atom stereocenters. The lowest BCUT2D eigenvalue weighted by atomic mass is 9.89. The SMILES string of the molecule is COc1c2cccc1Cc1cc(C(=O)NS(=O)(=O)c3ccc([N+](=O)[O-])cc3)cc3c1OCCOCCOCCOCCOc1c(cc(C(=O)NS(=O)(=O)c4ccc([N+](=O)[O-])cc4)cc1Cc1cccc(c1OC)C3)C2. The Hall–Kier alpha value is -7.96. The van der Waals surface area contributed by atoms with Gasteiger partial charge < -0.3 is 33.2 Å². The highest BCUT2D eigenvalue weighted by atomic mass is 32.2. The number of methoxy groups -OCH3 is 2. The average Bonchev–Trinajstić information content (AvgIpc) is 3.38. The summed E-state index contributed by atoms with van der Waals surface area (Å²) in [5.41, 5.74) is 3.42. The molecule has 0 unspecified atom stereocenters. The molecule has 2 amide bonds. The number of nitrogens with one attached hydrogen (secondary N) is 2. The minimum atomic E-state index is -4.54. The maximum atomic E-state index is 14.2. The Morgan fingerprint density at radius 3 is 1.04 bits per heavy atom. The Kier molecular flexibility index (Phi) is 16.7. The fraction of sp³-hybridized carbons (Fsp3) is 0.269. The number of hydrogen-bond donors (Lipinski definition) is 2. The molecule has 23 heteroatoms. The van der Waals surface area contributed by atoms with Gasteiger partial charge in [0.15, 0.2) is 0 Å². The number of hydrogen-bond acceptors (Lipinski definition) is 17. The molecule has 8 rings (SSSR count). The zero-order chi connectivity index (χ0) is 53.3. The van der Waals surface area contributed by atoms with Gasteiger partial charge in [-0.3, -0.25) is 29.8 Å². The third-order valence-electron chi connectivity index (χ3n) is 12.2. The van der Waals surface area contributed by atoms with E-state index in [2.05, 4.69) is 9.44 Å². The van der Waals surface area contributed by atoms with Gasteiger partial charge >= 0.3 is 0 Å². The van der Waals surface area contributed by atoms with Gasteiger partial charge in [-0.05, 0) is 93.0 Å². The first-order chi connectivity index (χ1) is 36.0. The number of nitro benzene ring substituents is 2. The topological polar surface area (TPSA) is 277 Å². The largest absolute Gasteiger partial charge is 0.496 e. The molecular weight excluding hydrogens is 1020 g/mol. The molecule has 6 aromatic rings. The van der Waals surface area contributed by atoms with Crippen LogP contribution in [0.15, 0.2) is 119 Å². The highest BCUT2D eigenvalue weighted by Gasteiger charge is 2.28. The molecule has 75 heavy (non-hydrogen) atoms. The Labute approximate surface area is 431 Å². The van der Waals surface area contributed by atoms with Gasteiger partial charge in [-0.25, -0.2) is 26.3 Å². The van der Waals surface area contributed by atoms with Gasteiger partial charge in [0.1, 0.15) is 36.2 Å². The van der Waals surface area contributed by atoms with Crippen LogP contribution < -0.4 is 28.4 Å². The summed E-state index contributed by atoms with van der Waals surface area (Å²) >= 11 is 0. The number of nitrogens with zero attached hydrogens (tertiary/aromatic N) is 2. The van der Waals surface area contributed by atoms with Gasteiger partial charge in [0.25, 0.3) is 43.2 Å². The van der Waals surface area contributed by atoms with Gasteiger partial charge in [-0.2, -0.15) is 0 Å². The zero-order valence-electron chi connectivity index (χ0n) is 40.5. The molecule has 1 aliphatic heterocycles. The summed E-state index contributed by atoms with van der Waals surface area (Å²) < 4.78 is 102. The summed E-state index contributed by atoms with van der Waals surface area (Å²) in [4.78, 5) is 49.0. The van der Waals surface area contributed by atoms with Crippen molar-refractivity contribution in [1.29, 1.82) is 0 Å². The van der Waals surface area contributed by atoms with E-state index in [0.29, 0.717) is 67.5 Å². The highest BCUT2D eigenvalue weighted by molar-refractivity contribution is 7.90. The lowest BCUT2D eigenvalue weighted by Gasteiger charge is -2.23. The number of para-hydroxylation sites is 2. The van der Waals surface area contributed by atoms with Crippen LogP contribution in [0.2, 0.25) is 0 Å². The summed E-state index contributed by atoms with van der Waals surface area (Å²) in [6.07, 6.45) is 0.208. The van der Waals surface area contributed by atoms with Crippen molar-refractivity contribution >= 4 is 43.2 Å². The van der Waals surface area contributed by atoms with Gasteiger partial charge in [-0.15, -0.1) is 0 Å². The molecule has 392 valence electrons. The molecule has 0 radical (unpaired) electrons. The fourth-order valence-corrected chi connectivity index (χ4v) is 10.7. The molecule has 0 fully saturated rings. The zero-order valence-corrected chi connectivity index (χ0v) is 42.2. The van der Waals surface area contributed by atoms with Crippen molar-refractivity contribution < 1.29 is 69.4 Å². The van der Waals surface area contributed by atoms with Crippen LogP contribution in [-0.2, 0) is 59.9 Å². The number of carbonyl (C=O) groups is 2. The van der Waals surface area contributed by atoms with E-state index in [9.17, 15) is 46.7 Å². The number of rotatable bonds is 10.